The summed E-state index contributed by atoms with van der Waals surface area (Å²) < 4.78 is 32.1. The van der Waals surface area contributed by atoms with Gasteiger partial charge in [0.2, 0.25) is 0 Å². The average Bonchev–Trinajstić information content (AvgIpc) is 2.98. The molecule has 0 bridgehead atoms. The molecule has 0 spiro atoms. The number of aromatic nitrogens is 1. The summed E-state index contributed by atoms with van der Waals surface area (Å²) in [6.45, 7) is 5.16. The number of hydrogen-bond acceptors (Lipinski definition) is 4. The highest BCUT2D eigenvalue weighted by molar-refractivity contribution is 5.87. The molecule has 0 N–H and O–H groups in total. The van der Waals surface area contributed by atoms with Crippen LogP contribution in [0.2, 0.25) is 0 Å². The van der Waals surface area contributed by atoms with Gasteiger partial charge in [-0.1, -0.05) is 13.8 Å². The minimum atomic E-state index is -0.427. The zero-order valence-electron chi connectivity index (χ0n) is 14.2. The van der Waals surface area contributed by atoms with Gasteiger partial charge in [0.05, 0.1) is 12.1 Å². The Balaban J connectivity index is 2.04. The van der Waals surface area contributed by atoms with Gasteiger partial charge < -0.3 is 18.8 Å². The van der Waals surface area contributed by atoms with Crippen molar-refractivity contribution in [1.29, 1.82) is 0 Å². The number of nitrogens with zero attached hydrogens (tertiary/aromatic N) is 1. The Bertz CT molecular complexity index is 813. The number of hydrogen-bond donors (Lipinski definition) is 0. The third-order valence-corrected chi connectivity index (χ3v) is 4.23. The molecule has 24 heavy (non-hydrogen) atoms. The fourth-order valence-corrected chi connectivity index (χ4v) is 2.98. The Morgan fingerprint density at radius 2 is 2.04 bits per heavy atom. The number of aryl methyl sites for hydroxylation is 2. The minimum Gasteiger partial charge on any atom is -0.488 e. The van der Waals surface area contributed by atoms with Crippen molar-refractivity contribution in [3.05, 3.63) is 33.9 Å². The van der Waals surface area contributed by atoms with Gasteiger partial charge in [0.25, 0.3) is 5.56 Å². The van der Waals surface area contributed by atoms with Crippen molar-refractivity contribution < 1.29 is 18.6 Å². The van der Waals surface area contributed by atoms with E-state index in [1.165, 1.54) is 19.2 Å². The van der Waals surface area contributed by atoms with Crippen molar-refractivity contribution in [3.8, 4) is 11.5 Å². The number of methoxy groups -OCH3 is 1. The molecule has 0 aliphatic carbocycles. The second-order valence-corrected chi connectivity index (χ2v) is 6.39. The molecule has 0 amide bonds. The van der Waals surface area contributed by atoms with Crippen LogP contribution in [0.15, 0.2) is 16.9 Å². The number of pyridine rings is 1. The fourth-order valence-electron chi connectivity index (χ4n) is 2.98. The van der Waals surface area contributed by atoms with E-state index >= 15 is 0 Å². The Kier molecular flexibility index (Phi) is 4.76. The van der Waals surface area contributed by atoms with Crippen LogP contribution in [0.5, 0.6) is 11.5 Å². The van der Waals surface area contributed by atoms with E-state index in [-0.39, 0.29) is 18.1 Å². The Morgan fingerprint density at radius 1 is 1.25 bits per heavy atom. The van der Waals surface area contributed by atoms with E-state index in [9.17, 15) is 9.18 Å². The smallest absolute Gasteiger partial charge is 0.293 e. The predicted molar refractivity (Wildman–Crippen MR) is 89.3 cm³/mol. The zero-order chi connectivity index (χ0) is 17.3. The van der Waals surface area contributed by atoms with E-state index in [0.717, 1.165) is 12.0 Å². The van der Waals surface area contributed by atoms with Crippen LogP contribution in [0, 0.1) is 11.7 Å². The van der Waals surface area contributed by atoms with E-state index in [2.05, 4.69) is 13.8 Å². The molecule has 1 aliphatic heterocycles. The van der Waals surface area contributed by atoms with E-state index < -0.39 is 5.82 Å². The van der Waals surface area contributed by atoms with Crippen LogP contribution in [0.3, 0.4) is 0 Å². The highest BCUT2D eigenvalue weighted by atomic mass is 19.1. The normalized spacial score (nSPS) is 13.0. The van der Waals surface area contributed by atoms with Crippen LogP contribution >= 0.6 is 0 Å². The zero-order valence-corrected chi connectivity index (χ0v) is 14.2. The number of rotatable bonds is 7. The van der Waals surface area contributed by atoms with Crippen LogP contribution in [0.4, 0.5) is 4.39 Å². The van der Waals surface area contributed by atoms with E-state index in [1.807, 2.05) is 0 Å². The lowest BCUT2D eigenvalue weighted by molar-refractivity contribution is 0.0504. The lowest BCUT2D eigenvalue weighted by Gasteiger charge is -2.13. The molecular formula is C18H22FNO4. The molecule has 1 aromatic carbocycles. The van der Waals surface area contributed by atoms with E-state index in [0.29, 0.717) is 42.1 Å². The van der Waals surface area contributed by atoms with Crippen LogP contribution in [-0.2, 0) is 17.7 Å². The third-order valence-electron chi connectivity index (χ3n) is 4.23. The maximum atomic E-state index is 14.5. The molecule has 0 fully saturated rings. The van der Waals surface area contributed by atoms with Gasteiger partial charge in [-0.3, -0.25) is 4.79 Å². The number of benzene rings is 1. The molecule has 1 aliphatic rings. The molecule has 2 aromatic rings. The van der Waals surface area contributed by atoms with Crippen LogP contribution in [0.25, 0.3) is 10.9 Å². The second kappa shape index (κ2) is 6.81. The largest absolute Gasteiger partial charge is 0.488 e. The molecule has 1 aromatic heterocycles. The van der Waals surface area contributed by atoms with Gasteiger partial charge in [-0.2, -0.15) is 0 Å². The Morgan fingerprint density at radius 3 is 2.75 bits per heavy atom. The fraction of sp³-hybridized carbons (Fsp3) is 0.500. The summed E-state index contributed by atoms with van der Waals surface area (Å²) in [6.07, 6.45) is 1.47. The topological polar surface area (TPSA) is 49.7 Å². The number of halogens is 1. The average molecular weight is 335 g/mol. The molecule has 0 radical (unpaired) electrons. The SMILES string of the molecule is COCOc1cc(F)c2cc(OCCC(C)C)c(=O)n3c2c1CC3. The van der Waals surface area contributed by atoms with Gasteiger partial charge in [0.15, 0.2) is 12.5 Å². The maximum Gasteiger partial charge on any atom is 0.293 e. The van der Waals surface area contributed by atoms with E-state index in [4.69, 9.17) is 14.2 Å². The standard InChI is InChI=1S/C18H22FNO4/c1-11(2)5-7-23-16-8-13-14(19)9-15(24-10-22-3)12-4-6-20(17(12)13)18(16)21/h8-9,11H,4-7,10H2,1-3H3. The summed E-state index contributed by atoms with van der Waals surface area (Å²) in [5.41, 5.74) is 1.23. The molecule has 0 saturated heterocycles. The quantitative estimate of drug-likeness (QED) is 0.730. The highest BCUT2D eigenvalue weighted by Crippen LogP contribution is 2.35. The Hall–Kier alpha value is -2.08. The summed E-state index contributed by atoms with van der Waals surface area (Å²) >= 11 is 0. The van der Waals surface area contributed by atoms with Crippen molar-refractivity contribution in [2.75, 3.05) is 20.5 Å². The molecule has 6 heteroatoms. The lowest BCUT2D eigenvalue weighted by atomic mass is 10.1. The maximum absolute atomic E-state index is 14.5. The van der Waals surface area contributed by atoms with Crippen molar-refractivity contribution in [1.82, 2.24) is 4.57 Å². The first-order valence-electron chi connectivity index (χ1n) is 8.16. The summed E-state index contributed by atoms with van der Waals surface area (Å²) in [5.74, 6) is 0.692. The van der Waals surface area contributed by atoms with Crippen molar-refractivity contribution >= 4 is 10.9 Å². The molecule has 2 heterocycles. The molecule has 5 nitrogen and oxygen atoms in total. The summed E-state index contributed by atoms with van der Waals surface area (Å²) in [6, 6.07) is 2.87. The summed E-state index contributed by atoms with van der Waals surface area (Å²) in [4.78, 5) is 12.6. The van der Waals surface area contributed by atoms with Gasteiger partial charge in [-0.25, -0.2) is 4.39 Å². The molecule has 3 rings (SSSR count). The third kappa shape index (κ3) is 2.98. The van der Waals surface area contributed by atoms with Gasteiger partial charge in [0, 0.05) is 30.7 Å². The molecule has 0 unspecified atom stereocenters. The van der Waals surface area contributed by atoms with Crippen LogP contribution < -0.4 is 15.0 Å². The monoisotopic (exact) mass is 335 g/mol. The van der Waals surface area contributed by atoms with Gasteiger partial charge in [0.1, 0.15) is 11.6 Å². The van der Waals surface area contributed by atoms with Crippen LogP contribution in [0.1, 0.15) is 25.8 Å². The summed E-state index contributed by atoms with van der Waals surface area (Å²) in [7, 11) is 1.51. The summed E-state index contributed by atoms with van der Waals surface area (Å²) in [5, 5.41) is 0.395. The second-order valence-electron chi connectivity index (χ2n) is 6.39. The van der Waals surface area contributed by atoms with Gasteiger partial charge in [-0.05, 0) is 24.8 Å². The van der Waals surface area contributed by atoms with Gasteiger partial charge in [-0.15, -0.1) is 0 Å². The van der Waals surface area contributed by atoms with Crippen molar-refractivity contribution in [2.24, 2.45) is 5.92 Å². The minimum absolute atomic E-state index is 0.0403. The molecular weight excluding hydrogens is 313 g/mol. The van der Waals surface area contributed by atoms with Crippen LogP contribution in [-0.4, -0.2) is 25.1 Å². The highest BCUT2D eigenvalue weighted by Gasteiger charge is 2.24. The predicted octanol–water partition coefficient (Wildman–Crippen LogP) is 3.10. The first-order chi connectivity index (χ1) is 11.5. The molecule has 0 atom stereocenters. The number of ether oxygens (including phenoxy) is 3. The molecule has 130 valence electrons. The lowest BCUT2D eigenvalue weighted by Crippen LogP contribution is -2.21. The first-order valence-corrected chi connectivity index (χ1v) is 8.16. The first kappa shape index (κ1) is 16.8. The van der Waals surface area contributed by atoms with Crippen molar-refractivity contribution in [3.63, 3.8) is 0 Å². The molecule has 0 saturated carbocycles. The van der Waals surface area contributed by atoms with Crippen molar-refractivity contribution in [2.45, 2.75) is 33.2 Å². The van der Waals surface area contributed by atoms with E-state index in [1.54, 1.807) is 4.57 Å². The van der Waals surface area contributed by atoms with Gasteiger partial charge >= 0.3 is 0 Å². The Labute approximate surface area is 139 Å².